The van der Waals surface area contributed by atoms with E-state index in [9.17, 15) is 8.42 Å². The summed E-state index contributed by atoms with van der Waals surface area (Å²) in [6.07, 6.45) is 0.785. The lowest BCUT2D eigenvalue weighted by Crippen LogP contribution is -2.26. The van der Waals surface area contributed by atoms with Crippen LogP contribution < -0.4 is 15.4 Å². The lowest BCUT2D eigenvalue weighted by Gasteiger charge is -2.14. The smallest absolute Gasteiger partial charge is 0.242 e. The Bertz CT molecular complexity index is 578. The van der Waals surface area contributed by atoms with Gasteiger partial charge >= 0.3 is 0 Å². The molecule has 1 aliphatic heterocycles. The van der Waals surface area contributed by atoms with Crippen molar-refractivity contribution in [3.05, 3.63) is 24.3 Å². The Kier molecular flexibility index (Phi) is 3.70. The molecule has 0 spiro atoms. The summed E-state index contributed by atoms with van der Waals surface area (Å²) in [5, 5.41) is 6.75. The van der Waals surface area contributed by atoms with Gasteiger partial charge in [-0.05, 0) is 30.4 Å². The zero-order valence-electron chi connectivity index (χ0n) is 11.6. The summed E-state index contributed by atoms with van der Waals surface area (Å²) in [6.45, 7) is 4.48. The quantitative estimate of drug-likeness (QED) is 0.732. The third-order valence-corrected chi connectivity index (χ3v) is 5.65. The Balaban J connectivity index is 1.78. The molecule has 1 heterocycles. The molecule has 0 amide bonds. The molecule has 2 aliphatic rings. The van der Waals surface area contributed by atoms with Crippen molar-refractivity contribution < 1.29 is 8.42 Å². The van der Waals surface area contributed by atoms with Gasteiger partial charge < -0.3 is 10.6 Å². The maximum absolute atomic E-state index is 12.3. The van der Waals surface area contributed by atoms with Gasteiger partial charge in [0.2, 0.25) is 10.0 Å². The number of para-hydroxylation sites is 1. The molecule has 0 radical (unpaired) electrons. The number of fused-ring (bicyclic) bond motifs is 1. The highest BCUT2D eigenvalue weighted by atomic mass is 32.2. The predicted octanol–water partition coefficient (Wildman–Crippen LogP) is 1.00. The first-order valence-corrected chi connectivity index (χ1v) is 8.68. The largest absolute Gasteiger partial charge is 0.381 e. The van der Waals surface area contributed by atoms with Crippen molar-refractivity contribution in [2.24, 2.45) is 11.8 Å². The van der Waals surface area contributed by atoms with Crippen LogP contribution in [0.3, 0.4) is 0 Å². The molecular formula is C14H21N3O2S. The highest BCUT2D eigenvalue weighted by Gasteiger charge is 2.53. The van der Waals surface area contributed by atoms with Crippen LogP contribution >= 0.6 is 0 Å². The second-order valence-electron chi connectivity index (χ2n) is 5.55. The van der Waals surface area contributed by atoms with E-state index in [1.165, 1.54) is 0 Å². The Morgan fingerprint density at radius 3 is 2.65 bits per heavy atom. The number of rotatable bonds is 6. The third kappa shape index (κ3) is 2.55. The van der Waals surface area contributed by atoms with E-state index in [-0.39, 0.29) is 0 Å². The Morgan fingerprint density at radius 2 is 1.95 bits per heavy atom. The minimum Gasteiger partial charge on any atom is -0.381 e. The zero-order valence-corrected chi connectivity index (χ0v) is 12.4. The summed E-state index contributed by atoms with van der Waals surface area (Å²) in [5.41, 5.74) is 0.718. The standard InChI is InChI=1S/C14H21N3O2S/c1-2-7-16-20(18,19)13-6-4-3-5-12(13)17-14-10-8-15-9-11(10)14/h3-6,10-11,14-17H,2,7-9H2,1H3. The van der Waals surface area contributed by atoms with Gasteiger partial charge in [0.25, 0.3) is 0 Å². The van der Waals surface area contributed by atoms with E-state index in [1.54, 1.807) is 12.1 Å². The topological polar surface area (TPSA) is 70.2 Å². The van der Waals surface area contributed by atoms with Gasteiger partial charge in [-0.25, -0.2) is 13.1 Å². The van der Waals surface area contributed by atoms with Crippen molar-refractivity contribution in [3.63, 3.8) is 0 Å². The molecule has 1 aliphatic carbocycles. The van der Waals surface area contributed by atoms with Crippen LogP contribution in [0.25, 0.3) is 0 Å². The van der Waals surface area contributed by atoms with E-state index in [4.69, 9.17) is 0 Å². The summed E-state index contributed by atoms with van der Waals surface area (Å²) in [5.74, 6) is 1.30. The fourth-order valence-electron chi connectivity index (χ4n) is 2.95. The van der Waals surface area contributed by atoms with Crippen molar-refractivity contribution in [1.29, 1.82) is 0 Å². The van der Waals surface area contributed by atoms with Crippen molar-refractivity contribution in [1.82, 2.24) is 10.0 Å². The summed E-state index contributed by atoms with van der Waals surface area (Å²) in [6, 6.07) is 7.57. The van der Waals surface area contributed by atoms with Gasteiger partial charge in [0.05, 0.1) is 5.69 Å². The second-order valence-corrected chi connectivity index (χ2v) is 7.29. The van der Waals surface area contributed by atoms with Gasteiger partial charge in [0, 0.05) is 25.7 Å². The Hall–Kier alpha value is -1.11. The molecule has 2 atom stereocenters. The highest BCUT2D eigenvalue weighted by molar-refractivity contribution is 7.89. The van der Waals surface area contributed by atoms with E-state index >= 15 is 0 Å². The maximum Gasteiger partial charge on any atom is 0.242 e. The molecule has 0 aromatic heterocycles. The average Bonchev–Trinajstić information content (AvgIpc) is 2.88. The number of piperidine rings is 1. The third-order valence-electron chi connectivity index (χ3n) is 4.13. The number of hydrogen-bond acceptors (Lipinski definition) is 4. The van der Waals surface area contributed by atoms with E-state index in [0.29, 0.717) is 29.3 Å². The summed E-state index contributed by atoms with van der Waals surface area (Å²) >= 11 is 0. The second kappa shape index (κ2) is 5.35. The molecule has 1 aromatic carbocycles. The lowest BCUT2D eigenvalue weighted by atomic mass is 10.3. The van der Waals surface area contributed by atoms with Crippen LogP contribution in [0.15, 0.2) is 29.2 Å². The lowest BCUT2D eigenvalue weighted by molar-refractivity contribution is 0.581. The zero-order chi connectivity index (χ0) is 14.2. The van der Waals surface area contributed by atoms with Crippen molar-refractivity contribution in [2.75, 3.05) is 25.0 Å². The van der Waals surface area contributed by atoms with Gasteiger partial charge in [-0.2, -0.15) is 0 Å². The molecule has 1 saturated heterocycles. The SMILES string of the molecule is CCCNS(=O)(=O)c1ccccc1NC1C2CNCC21. The van der Waals surface area contributed by atoms with Gasteiger partial charge in [-0.15, -0.1) is 0 Å². The van der Waals surface area contributed by atoms with Crippen molar-refractivity contribution in [3.8, 4) is 0 Å². The number of benzene rings is 1. The number of nitrogens with one attached hydrogen (secondary N) is 3. The monoisotopic (exact) mass is 295 g/mol. The molecule has 6 heteroatoms. The van der Waals surface area contributed by atoms with E-state index < -0.39 is 10.0 Å². The first kappa shape index (κ1) is 13.9. The molecule has 5 nitrogen and oxygen atoms in total. The van der Waals surface area contributed by atoms with E-state index in [1.807, 2.05) is 19.1 Å². The summed E-state index contributed by atoms with van der Waals surface area (Å²) in [7, 11) is -3.42. The first-order valence-electron chi connectivity index (χ1n) is 7.19. The predicted molar refractivity (Wildman–Crippen MR) is 79.2 cm³/mol. The molecule has 2 unspecified atom stereocenters. The van der Waals surface area contributed by atoms with Crippen LogP contribution in [0.4, 0.5) is 5.69 Å². The summed E-state index contributed by atoms with van der Waals surface area (Å²) in [4.78, 5) is 0.353. The molecule has 20 heavy (non-hydrogen) atoms. The molecule has 2 fully saturated rings. The summed E-state index contributed by atoms with van der Waals surface area (Å²) < 4.78 is 27.2. The maximum atomic E-state index is 12.3. The number of sulfonamides is 1. The van der Waals surface area contributed by atoms with Crippen LogP contribution in [0.2, 0.25) is 0 Å². The molecule has 1 aromatic rings. The fourth-order valence-corrected chi connectivity index (χ4v) is 4.25. The fraction of sp³-hybridized carbons (Fsp3) is 0.571. The van der Waals surface area contributed by atoms with E-state index in [0.717, 1.165) is 25.2 Å². The number of anilines is 1. The molecule has 110 valence electrons. The molecule has 1 saturated carbocycles. The van der Waals surface area contributed by atoms with Crippen LogP contribution in [0, 0.1) is 11.8 Å². The van der Waals surface area contributed by atoms with E-state index in [2.05, 4.69) is 15.4 Å². The first-order chi connectivity index (χ1) is 9.63. The van der Waals surface area contributed by atoms with Crippen LogP contribution in [-0.4, -0.2) is 34.1 Å². The molecular weight excluding hydrogens is 274 g/mol. The van der Waals surface area contributed by atoms with Gasteiger partial charge in [-0.1, -0.05) is 19.1 Å². The van der Waals surface area contributed by atoms with Crippen LogP contribution in [0.1, 0.15) is 13.3 Å². The van der Waals surface area contributed by atoms with Gasteiger partial charge in [0.15, 0.2) is 0 Å². The number of hydrogen-bond donors (Lipinski definition) is 3. The van der Waals surface area contributed by atoms with Gasteiger partial charge in [-0.3, -0.25) is 0 Å². The Morgan fingerprint density at radius 1 is 1.25 bits per heavy atom. The average molecular weight is 295 g/mol. The van der Waals surface area contributed by atoms with Crippen molar-refractivity contribution >= 4 is 15.7 Å². The highest BCUT2D eigenvalue weighted by Crippen LogP contribution is 2.44. The minimum absolute atomic E-state index is 0.353. The Labute approximate surface area is 120 Å². The minimum atomic E-state index is -3.42. The molecule has 3 rings (SSSR count). The van der Waals surface area contributed by atoms with Crippen molar-refractivity contribution in [2.45, 2.75) is 24.3 Å². The normalized spacial score (nSPS) is 28.1. The van der Waals surface area contributed by atoms with Crippen LogP contribution in [0.5, 0.6) is 0 Å². The van der Waals surface area contributed by atoms with Gasteiger partial charge in [0.1, 0.15) is 4.90 Å². The van der Waals surface area contributed by atoms with Crippen LogP contribution in [-0.2, 0) is 10.0 Å². The molecule has 0 bridgehead atoms. The molecule has 3 N–H and O–H groups in total.